The molecule has 3 aromatic rings. The maximum Gasteiger partial charge on any atom is 0.134 e. The maximum absolute atomic E-state index is 5.71. The molecule has 102 valence electrons. The summed E-state index contributed by atoms with van der Waals surface area (Å²) in [6, 6.07) is 17.1. The number of methoxy groups -OCH3 is 1. The van der Waals surface area contributed by atoms with Crippen molar-refractivity contribution >= 4 is 21.5 Å². The fourth-order valence-electron chi connectivity index (χ4n) is 3.08. The van der Waals surface area contributed by atoms with Gasteiger partial charge in [0.05, 0.1) is 7.11 Å². The van der Waals surface area contributed by atoms with Crippen LogP contribution in [0.15, 0.2) is 48.5 Å². The molecule has 1 atom stereocenters. The predicted molar refractivity (Wildman–Crippen MR) is 86.7 cm³/mol. The number of hydrogen-bond donors (Lipinski definition) is 0. The highest BCUT2D eigenvalue weighted by Gasteiger charge is 2.16. The molecule has 0 fully saturated rings. The Morgan fingerprint density at radius 1 is 0.850 bits per heavy atom. The van der Waals surface area contributed by atoms with Crippen LogP contribution in [0.2, 0.25) is 0 Å². The lowest BCUT2D eigenvalue weighted by molar-refractivity contribution is 0.424. The predicted octanol–water partition coefficient (Wildman–Crippen LogP) is 5.52. The molecule has 1 unspecified atom stereocenters. The molecule has 20 heavy (non-hydrogen) atoms. The molecule has 0 bridgehead atoms. The van der Waals surface area contributed by atoms with Crippen LogP contribution in [0.5, 0.6) is 5.75 Å². The quantitative estimate of drug-likeness (QED) is 0.566. The number of hydrogen-bond acceptors (Lipinski definition) is 1. The average Bonchev–Trinajstić information content (AvgIpc) is 2.51. The van der Waals surface area contributed by atoms with Gasteiger partial charge in [0.15, 0.2) is 0 Å². The second kappa shape index (κ2) is 5.16. The molecule has 0 aliphatic heterocycles. The van der Waals surface area contributed by atoms with Gasteiger partial charge in [0.25, 0.3) is 0 Å². The monoisotopic (exact) mass is 264 g/mol. The SMILES string of the molecule is CCC(C)c1c2ccccc2c(OC)c2ccccc12. The summed E-state index contributed by atoms with van der Waals surface area (Å²) in [6.45, 7) is 4.55. The molecule has 0 N–H and O–H groups in total. The summed E-state index contributed by atoms with van der Waals surface area (Å²) in [7, 11) is 1.76. The van der Waals surface area contributed by atoms with Crippen molar-refractivity contribution in [1.29, 1.82) is 0 Å². The molecule has 0 aliphatic carbocycles. The zero-order chi connectivity index (χ0) is 14.1. The van der Waals surface area contributed by atoms with E-state index in [2.05, 4.69) is 62.4 Å². The van der Waals surface area contributed by atoms with E-state index in [1.54, 1.807) is 7.11 Å². The summed E-state index contributed by atoms with van der Waals surface area (Å²) in [4.78, 5) is 0. The Balaban J connectivity index is 2.56. The molecule has 0 saturated carbocycles. The lowest BCUT2D eigenvalue weighted by Gasteiger charge is -2.19. The third kappa shape index (κ3) is 1.85. The van der Waals surface area contributed by atoms with Crippen molar-refractivity contribution in [3.8, 4) is 5.75 Å². The van der Waals surface area contributed by atoms with Gasteiger partial charge in [0.1, 0.15) is 5.75 Å². The highest BCUT2D eigenvalue weighted by Crippen LogP contribution is 2.41. The fourth-order valence-corrected chi connectivity index (χ4v) is 3.08. The maximum atomic E-state index is 5.71. The van der Waals surface area contributed by atoms with E-state index in [-0.39, 0.29) is 0 Å². The minimum Gasteiger partial charge on any atom is -0.495 e. The van der Waals surface area contributed by atoms with Gasteiger partial charge in [-0.15, -0.1) is 0 Å². The number of fused-ring (bicyclic) bond motifs is 2. The van der Waals surface area contributed by atoms with Crippen LogP contribution in [-0.2, 0) is 0 Å². The molecule has 0 radical (unpaired) electrons. The summed E-state index contributed by atoms with van der Waals surface area (Å²) in [5.74, 6) is 1.53. The van der Waals surface area contributed by atoms with Crippen molar-refractivity contribution in [2.24, 2.45) is 0 Å². The van der Waals surface area contributed by atoms with E-state index >= 15 is 0 Å². The van der Waals surface area contributed by atoms with Gasteiger partial charge in [-0.25, -0.2) is 0 Å². The molecule has 3 rings (SSSR count). The highest BCUT2D eigenvalue weighted by molar-refractivity contribution is 6.08. The molecule has 3 aromatic carbocycles. The van der Waals surface area contributed by atoms with Crippen LogP contribution in [0.25, 0.3) is 21.5 Å². The van der Waals surface area contributed by atoms with Crippen molar-refractivity contribution in [2.45, 2.75) is 26.2 Å². The summed E-state index contributed by atoms with van der Waals surface area (Å²) in [6.07, 6.45) is 1.14. The first-order chi connectivity index (χ1) is 9.77. The van der Waals surface area contributed by atoms with E-state index in [1.165, 1.54) is 27.1 Å². The normalized spacial score (nSPS) is 12.8. The smallest absolute Gasteiger partial charge is 0.134 e. The lowest BCUT2D eigenvalue weighted by Crippen LogP contribution is -1.97. The van der Waals surface area contributed by atoms with Gasteiger partial charge in [0.2, 0.25) is 0 Å². The number of rotatable bonds is 3. The van der Waals surface area contributed by atoms with E-state index in [4.69, 9.17) is 4.74 Å². The van der Waals surface area contributed by atoms with E-state index in [1.807, 2.05) is 0 Å². The third-order valence-electron chi connectivity index (χ3n) is 4.23. The Morgan fingerprint density at radius 2 is 1.30 bits per heavy atom. The molecule has 0 aliphatic rings. The minimum absolute atomic E-state index is 0.538. The molecule has 0 heterocycles. The number of ether oxygens (including phenoxy) is 1. The standard InChI is InChI=1S/C19H20O/c1-4-13(2)18-14-9-5-7-11-16(14)19(20-3)17-12-8-6-10-15(17)18/h5-13H,4H2,1-3H3. The van der Waals surface area contributed by atoms with Crippen LogP contribution in [0, 0.1) is 0 Å². The van der Waals surface area contributed by atoms with Gasteiger partial charge in [-0.3, -0.25) is 0 Å². The lowest BCUT2D eigenvalue weighted by atomic mass is 9.87. The van der Waals surface area contributed by atoms with E-state index in [9.17, 15) is 0 Å². The molecular formula is C19H20O. The van der Waals surface area contributed by atoms with Crippen molar-refractivity contribution in [1.82, 2.24) is 0 Å². The van der Waals surface area contributed by atoms with Crippen LogP contribution < -0.4 is 4.74 Å². The Kier molecular flexibility index (Phi) is 3.35. The van der Waals surface area contributed by atoms with E-state index in [0.29, 0.717) is 5.92 Å². The molecule has 0 amide bonds. The largest absolute Gasteiger partial charge is 0.495 e. The van der Waals surface area contributed by atoms with Crippen LogP contribution in [-0.4, -0.2) is 7.11 Å². The van der Waals surface area contributed by atoms with Gasteiger partial charge >= 0.3 is 0 Å². The van der Waals surface area contributed by atoms with Gasteiger partial charge in [0, 0.05) is 10.8 Å². The zero-order valence-corrected chi connectivity index (χ0v) is 12.3. The molecule has 1 nitrogen and oxygen atoms in total. The topological polar surface area (TPSA) is 9.23 Å². The second-order valence-corrected chi connectivity index (χ2v) is 5.35. The Labute approximate surface area is 120 Å². The Hall–Kier alpha value is -2.02. The van der Waals surface area contributed by atoms with E-state index < -0.39 is 0 Å². The zero-order valence-electron chi connectivity index (χ0n) is 12.3. The van der Waals surface area contributed by atoms with Crippen LogP contribution in [0.1, 0.15) is 31.7 Å². The Morgan fingerprint density at radius 3 is 1.70 bits per heavy atom. The first-order valence-electron chi connectivity index (χ1n) is 7.25. The number of benzene rings is 3. The van der Waals surface area contributed by atoms with Gasteiger partial charge in [-0.2, -0.15) is 0 Å². The fraction of sp³-hybridized carbons (Fsp3) is 0.263. The summed E-state index contributed by atoms with van der Waals surface area (Å²) in [5, 5.41) is 5.06. The van der Waals surface area contributed by atoms with Crippen molar-refractivity contribution < 1.29 is 4.74 Å². The molecule has 0 spiro atoms. The van der Waals surface area contributed by atoms with Crippen molar-refractivity contribution in [3.05, 3.63) is 54.1 Å². The van der Waals surface area contributed by atoms with Gasteiger partial charge in [-0.05, 0) is 28.7 Å². The molecule has 0 aromatic heterocycles. The minimum atomic E-state index is 0.538. The van der Waals surface area contributed by atoms with Crippen molar-refractivity contribution in [3.63, 3.8) is 0 Å². The Bertz CT molecular complexity index is 701. The van der Waals surface area contributed by atoms with Gasteiger partial charge in [-0.1, -0.05) is 62.4 Å². The molecule has 1 heteroatoms. The highest BCUT2D eigenvalue weighted by atomic mass is 16.5. The van der Waals surface area contributed by atoms with Gasteiger partial charge < -0.3 is 4.74 Å². The first-order valence-corrected chi connectivity index (χ1v) is 7.25. The first kappa shape index (κ1) is 13.0. The summed E-state index contributed by atoms with van der Waals surface area (Å²) < 4.78 is 5.71. The third-order valence-corrected chi connectivity index (χ3v) is 4.23. The van der Waals surface area contributed by atoms with Crippen molar-refractivity contribution in [2.75, 3.05) is 7.11 Å². The average molecular weight is 264 g/mol. The summed E-state index contributed by atoms with van der Waals surface area (Å²) in [5.41, 5.74) is 1.44. The molecular weight excluding hydrogens is 244 g/mol. The molecule has 0 saturated heterocycles. The summed E-state index contributed by atoms with van der Waals surface area (Å²) >= 11 is 0. The van der Waals surface area contributed by atoms with E-state index in [0.717, 1.165) is 12.2 Å². The van der Waals surface area contributed by atoms with Crippen LogP contribution in [0.3, 0.4) is 0 Å². The van der Waals surface area contributed by atoms with Crippen LogP contribution >= 0.6 is 0 Å². The second-order valence-electron chi connectivity index (χ2n) is 5.35. The van der Waals surface area contributed by atoms with Crippen LogP contribution in [0.4, 0.5) is 0 Å².